The number of carbonyl (C=O) groups is 1. The first-order valence-corrected chi connectivity index (χ1v) is 7.39. The Morgan fingerprint density at radius 3 is 2.41 bits per heavy atom. The van der Waals surface area contributed by atoms with Crippen LogP contribution in [0.3, 0.4) is 0 Å². The van der Waals surface area contributed by atoms with Gasteiger partial charge >= 0.3 is 0 Å². The van der Waals surface area contributed by atoms with Gasteiger partial charge < -0.3 is 15.0 Å². The van der Waals surface area contributed by atoms with Gasteiger partial charge in [-0.05, 0) is 42.8 Å². The molecule has 1 amide bonds. The number of ether oxygens (including phenoxy) is 1. The van der Waals surface area contributed by atoms with Crippen LogP contribution in [0.4, 0.5) is 5.69 Å². The first kappa shape index (κ1) is 15.9. The fourth-order valence-electron chi connectivity index (χ4n) is 2.17. The number of nitrogens with one attached hydrogen (secondary N) is 1. The number of rotatable bonds is 7. The second-order valence-corrected chi connectivity index (χ2v) is 5.10. The minimum absolute atomic E-state index is 0.0509. The molecule has 0 aromatic heterocycles. The SMILES string of the molecule is COc1ccc(C(=O)NCCCN(C)c2ccccc2)cc1. The third kappa shape index (κ3) is 4.52. The van der Waals surface area contributed by atoms with Crippen LogP contribution >= 0.6 is 0 Å². The fourth-order valence-corrected chi connectivity index (χ4v) is 2.17. The molecule has 0 heterocycles. The van der Waals surface area contributed by atoms with Crippen molar-refractivity contribution in [3.05, 3.63) is 60.2 Å². The predicted octanol–water partition coefficient (Wildman–Crippen LogP) is 2.95. The Balaban J connectivity index is 1.72. The maximum atomic E-state index is 12.0. The van der Waals surface area contributed by atoms with Crippen molar-refractivity contribution in [2.24, 2.45) is 0 Å². The molecule has 0 bridgehead atoms. The third-order valence-corrected chi connectivity index (χ3v) is 3.51. The number of benzene rings is 2. The molecule has 0 aliphatic carbocycles. The summed E-state index contributed by atoms with van der Waals surface area (Å²) in [6.45, 7) is 1.55. The van der Waals surface area contributed by atoms with Crippen LogP contribution in [0, 0.1) is 0 Å². The van der Waals surface area contributed by atoms with Crippen LogP contribution in [0.5, 0.6) is 5.75 Å². The molecule has 0 aliphatic rings. The number of carbonyl (C=O) groups excluding carboxylic acids is 1. The molecule has 22 heavy (non-hydrogen) atoms. The summed E-state index contributed by atoms with van der Waals surface area (Å²) >= 11 is 0. The van der Waals surface area contributed by atoms with E-state index in [1.54, 1.807) is 31.4 Å². The van der Waals surface area contributed by atoms with Gasteiger partial charge in [0.2, 0.25) is 0 Å². The van der Waals surface area contributed by atoms with E-state index in [1.165, 1.54) is 5.69 Å². The maximum Gasteiger partial charge on any atom is 0.251 e. The smallest absolute Gasteiger partial charge is 0.251 e. The quantitative estimate of drug-likeness (QED) is 0.799. The highest BCUT2D eigenvalue weighted by atomic mass is 16.5. The fraction of sp³-hybridized carbons (Fsp3) is 0.278. The zero-order chi connectivity index (χ0) is 15.8. The highest BCUT2D eigenvalue weighted by Gasteiger charge is 2.05. The van der Waals surface area contributed by atoms with Crippen LogP contribution < -0.4 is 15.0 Å². The van der Waals surface area contributed by atoms with Crippen molar-refractivity contribution < 1.29 is 9.53 Å². The van der Waals surface area contributed by atoms with E-state index in [0.717, 1.165) is 18.7 Å². The molecule has 116 valence electrons. The van der Waals surface area contributed by atoms with E-state index in [2.05, 4.69) is 29.4 Å². The zero-order valence-corrected chi connectivity index (χ0v) is 13.1. The summed E-state index contributed by atoms with van der Waals surface area (Å²) in [6, 6.07) is 17.3. The topological polar surface area (TPSA) is 41.6 Å². The van der Waals surface area contributed by atoms with E-state index < -0.39 is 0 Å². The number of hydrogen-bond donors (Lipinski definition) is 1. The van der Waals surface area contributed by atoms with Gasteiger partial charge in [-0.15, -0.1) is 0 Å². The Labute approximate surface area is 131 Å². The largest absolute Gasteiger partial charge is 0.497 e. The van der Waals surface area contributed by atoms with E-state index in [-0.39, 0.29) is 5.91 Å². The Hall–Kier alpha value is -2.49. The number of hydrogen-bond acceptors (Lipinski definition) is 3. The Kier molecular flexibility index (Phi) is 5.83. The van der Waals surface area contributed by atoms with Crippen molar-refractivity contribution in [1.29, 1.82) is 0 Å². The van der Waals surface area contributed by atoms with Gasteiger partial charge in [0.15, 0.2) is 0 Å². The highest BCUT2D eigenvalue weighted by molar-refractivity contribution is 5.94. The van der Waals surface area contributed by atoms with Crippen LogP contribution in [0.1, 0.15) is 16.8 Å². The molecule has 2 rings (SSSR count). The molecule has 0 atom stereocenters. The van der Waals surface area contributed by atoms with Gasteiger partial charge in [0.05, 0.1) is 7.11 Å². The highest BCUT2D eigenvalue weighted by Crippen LogP contribution is 2.12. The summed E-state index contributed by atoms with van der Waals surface area (Å²) in [6.07, 6.45) is 0.896. The lowest BCUT2D eigenvalue weighted by Gasteiger charge is -2.19. The molecule has 0 radical (unpaired) electrons. The molecule has 0 saturated heterocycles. The van der Waals surface area contributed by atoms with Crippen molar-refractivity contribution in [2.75, 3.05) is 32.1 Å². The van der Waals surface area contributed by atoms with Gasteiger partial charge in [-0.1, -0.05) is 18.2 Å². The second-order valence-electron chi connectivity index (χ2n) is 5.10. The number of anilines is 1. The van der Waals surface area contributed by atoms with Gasteiger partial charge in [0, 0.05) is 31.4 Å². The molecule has 1 N–H and O–H groups in total. The van der Waals surface area contributed by atoms with E-state index in [9.17, 15) is 4.79 Å². The summed E-state index contributed by atoms with van der Waals surface area (Å²) in [7, 11) is 3.67. The second kappa shape index (κ2) is 8.08. The molecule has 4 nitrogen and oxygen atoms in total. The number of para-hydroxylation sites is 1. The number of nitrogens with zero attached hydrogens (tertiary/aromatic N) is 1. The summed E-state index contributed by atoms with van der Waals surface area (Å²) in [5, 5.41) is 2.94. The van der Waals surface area contributed by atoms with Gasteiger partial charge in [-0.2, -0.15) is 0 Å². The van der Waals surface area contributed by atoms with Crippen LogP contribution in [-0.4, -0.2) is 33.2 Å². The summed E-state index contributed by atoms with van der Waals surface area (Å²) in [5.74, 6) is 0.700. The first-order valence-electron chi connectivity index (χ1n) is 7.39. The average molecular weight is 298 g/mol. The van der Waals surface area contributed by atoms with Gasteiger partial charge in [0.25, 0.3) is 5.91 Å². The minimum atomic E-state index is -0.0509. The van der Waals surface area contributed by atoms with Crippen molar-refractivity contribution in [2.45, 2.75) is 6.42 Å². The monoisotopic (exact) mass is 298 g/mol. The van der Waals surface area contributed by atoms with Crippen LogP contribution in [0.25, 0.3) is 0 Å². The van der Waals surface area contributed by atoms with Crippen molar-refractivity contribution in [1.82, 2.24) is 5.32 Å². The van der Waals surface area contributed by atoms with Gasteiger partial charge in [0.1, 0.15) is 5.75 Å². The van der Waals surface area contributed by atoms with Gasteiger partial charge in [-0.3, -0.25) is 4.79 Å². The molecule has 2 aromatic rings. The third-order valence-electron chi connectivity index (χ3n) is 3.51. The van der Waals surface area contributed by atoms with Gasteiger partial charge in [-0.25, -0.2) is 0 Å². The molecule has 0 spiro atoms. The molecular formula is C18H22N2O2. The predicted molar refractivity (Wildman–Crippen MR) is 89.7 cm³/mol. The summed E-state index contributed by atoms with van der Waals surface area (Å²) in [4.78, 5) is 14.2. The standard InChI is InChI=1S/C18H22N2O2/c1-20(16-7-4-3-5-8-16)14-6-13-19-18(21)15-9-11-17(22-2)12-10-15/h3-5,7-12H,6,13-14H2,1-2H3,(H,19,21). The lowest BCUT2D eigenvalue weighted by molar-refractivity contribution is 0.0953. The molecule has 4 heteroatoms. The Morgan fingerprint density at radius 2 is 1.77 bits per heavy atom. The number of methoxy groups -OCH3 is 1. The Bertz CT molecular complexity index is 582. The molecule has 2 aromatic carbocycles. The van der Waals surface area contributed by atoms with Crippen molar-refractivity contribution >= 4 is 11.6 Å². The first-order chi connectivity index (χ1) is 10.7. The van der Waals surface area contributed by atoms with E-state index in [0.29, 0.717) is 12.1 Å². The Morgan fingerprint density at radius 1 is 1.09 bits per heavy atom. The van der Waals surface area contributed by atoms with E-state index in [4.69, 9.17) is 4.74 Å². The molecule has 0 fully saturated rings. The van der Waals surface area contributed by atoms with Crippen LogP contribution in [0.2, 0.25) is 0 Å². The summed E-state index contributed by atoms with van der Waals surface area (Å²) in [5.41, 5.74) is 1.83. The maximum absolute atomic E-state index is 12.0. The van der Waals surface area contributed by atoms with E-state index in [1.807, 2.05) is 18.2 Å². The average Bonchev–Trinajstić information content (AvgIpc) is 2.59. The summed E-state index contributed by atoms with van der Waals surface area (Å²) < 4.78 is 5.08. The molecular weight excluding hydrogens is 276 g/mol. The lowest BCUT2D eigenvalue weighted by Crippen LogP contribution is -2.28. The van der Waals surface area contributed by atoms with Crippen molar-refractivity contribution in [3.8, 4) is 5.75 Å². The van der Waals surface area contributed by atoms with Crippen molar-refractivity contribution in [3.63, 3.8) is 0 Å². The molecule has 0 aliphatic heterocycles. The minimum Gasteiger partial charge on any atom is -0.497 e. The van der Waals surface area contributed by atoms with Crippen LogP contribution in [0.15, 0.2) is 54.6 Å². The normalized spacial score (nSPS) is 10.1. The molecule has 0 saturated carbocycles. The number of amides is 1. The van der Waals surface area contributed by atoms with Crippen LogP contribution in [-0.2, 0) is 0 Å². The van der Waals surface area contributed by atoms with E-state index >= 15 is 0 Å². The molecule has 0 unspecified atom stereocenters. The lowest BCUT2D eigenvalue weighted by atomic mass is 10.2. The zero-order valence-electron chi connectivity index (χ0n) is 13.1.